The maximum absolute atomic E-state index is 13.3. The number of rotatable bonds is 6. The highest BCUT2D eigenvalue weighted by atomic mass is 35.5. The Kier molecular flexibility index (Phi) is 6.80. The van der Waals surface area contributed by atoms with Gasteiger partial charge in [-0.15, -0.1) is 0 Å². The second kappa shape index (κ2) is 9.74. The molecule has 0 unspecified atom stereocenters. The lowest BCUT2D eigenvalue weighted by atomic mass is 10.1. The molecule has 0 aliphatic carbocycles. The highest BCUT2D eigenvalue weighted by molar-refractivity contribution is 6.35. The Bertz CT molecular complexity index is 1270. The first-order chi connectivity index (χ1) is 15.4. The standard InChI is InChI=1S/C24H17Cl3FN3O/c25-17-2-1-3-20(12-17)31-23(14-22(30-31)16-5-8-19(28)9-6-16)24(32)29-11-10-15-4-7-18(26)13-21(15)27/h1-9,12-14H,10-11H2,(H,29,32). The highest BCUT2D eigenvalue weighted by Crippen LogP contribution is 2.24. The Balaban J connectivity index is 1.60. The van der Waals surface area contributed by atoms with Crippen molar-refractivity contribution in [3.05, 3.63) is 105 Å². The lowest BCUT2D eigenvalue weighted by molar-refractivity contribution is 0.0946. The van der Waals surface area contributed by atoms with Crippen LogP contribution in [0.4, 0.5) is 4.39 Å². The molecule has 0 saturated heterocycles. The van der Waals surface area contributed by atoms with E-state index in [0.717, 1.165) is 5.56 Å². The van der Waals surface area contributed by atoms with Crippen molar-refractivity contribution in [1.82, 2.24) is 15.1 Å². The van der Waals surface area contributed by atoms with E-state index < -0.39 is 0 Å². The zero-order valence-electron chi connectivity index (χ0n) is 16.7. The summed E-state index contributed by atoms with van der Waals surface area (Å²) >= 11 is 18.3. The molecule has 0 atom stereocenters. The third-order valence-corrected chi connectivity index (χ3v) is 5.65. The van der Waals surface area contributed by atoms with Gasteiger partial charge in [-0.05, 0) is 72.6 Å². The Morgan fingerprint density at radius 1 is 0.938 bits per heavy atom. The molecule has 4 rings (SSSR count). The Morgan fingerprint density at radius 3 is 2.41 bits per heavy atom. The average molecular weight is 489 g/mol. The van der Waals surface area contributed by atoms with Crippen LogP contribution in [0.2, 0.25) is 15.1 Å². The molecule has 4 aromatic rings. The SMILES string of the molecule is O=C(NCCc1ccc(Cl)cc1Cl)c1cc(-c2ccc(F)cc2)nn1-c1cccc(Cl)c1. The van der Waals surface area contributed by atoms with E-state index in [-0.39, 0.29) is 11.7 Å². The molecule has 0 bridgehead atoms. The Morgan fingerprint density at radius 2 is 1.69 bits per heavy atom. The minimum atomic E-state index is -0.346. The first-order valence-electron chi connectivity index (χ1n) is 9.75. The molecule has 1 amide bonds. The number of aromatic nitrogens is 2. The fourth-order valence-corrected chi connectivity index (χ4v) is 3.92. The molecule has 0 saturated carbocycles. The smallest absolute Gasteiger partial charge is 0.270 e. The summed E-state index contributed by atoms with van der Waals surface area (Å²) in [5.74, 6) is -0.655. The van der Waals surface area contributed by atoms with Crippen LogP contribution >= 0.6 is 34.8 Å². The van der Waals surface area contributed by atoms with Crippen molar-refractivity contribution in [2.75, 3.05) is 6.54 Å². The summed E-state index contributed by atoms with van der Waals surface area (Å²) in [5.41, 5.74) is 3.07. The molecule has 3 aromatic carbocycles. The van der Waals surface area contributed by atoms with Crippen molar-refractivity contribution in [1.29, 1.82) is 0 Å². The van der Waals surface area contributed by atoms with Gasteiger partial charge in [0, 0.05) is 27.2 Å². The van der Waals surface area contributed by atoms with Gasteiger partial charge < -0.3 is 5.32 Å². The lowest BCUT2D eigenvalue weighted by Crippen LogP contribution is -2.27. The van der Waals surface area contributed by atoms with Crippen LogP contribution in [0.5, 0.6) is 0 Å². The van der Waals surface area contributed by atoms with E-state index in [1.165, 1.54) is 16.8 Å². The molecule has 0 fully saturated rings. The van der Waals surface area contributed by atoms with E-state index >= 15 is 0 Å². The number of nitrogens with one attached hydrogen (secondary N) is 1. The molecule has 8 heteroatoms. The van der Waals surface area contributed by atoms with E-state index in [0.29, 0.717) is 50.7 Å². The summed E-state index contributed by atoms with van der Waals surface area (Å²) in [6.07, 6.45) is 0.540. The average Bonchev–Trinajstić information content (AvgIpc) is 3.21. The van der Waals surface area contributed by atoms with Crippen LogP contribution in [0.15, 0.2) is 72.8 Å². The molecule has 4 nitrogen and oxygen atoms in total. The largest absolute Gasteiger partial charge is 0.350 e. The maximum Gasteiger partial charge on any atom is 0.270 e. The van der Waals surface area contributed by atoms with Gasteiger partial charge in [0.15, 0.2) is 0 Å². The molecule has 0 aliphatic rings. The Labute approximate surface area is 199 Å². The van der Waals surface area contributed by atoms with Crippen LogP contribution in [0.3, 0.4) is 0 Å². The molecule has 32 heavy (non-hydrogen) atoms. The third-order valence-electron chi connectivity index (χ3n) is 4.83. The lowest BCUT2D eigenvalue weighted by Gasteiger charge is -2.09. The number of nitrogens with zero attached hydrogens (tertiary/aromatic N) is 2. The summed E-state index contributed by atoms with van der Waals surface area (Å²) in [4.78, 5) is 13.0. The zero-order chi connectivity index (χ0) is 22.7. The summed E-state index contributed by atoms with van der Waals surface area (Å²) in [5, 5.41) is 9.10. The van der Waals surface area contributed by atoms with Crippen LogP contribution in [-0.2, 0) is 6.42 Å². The van der Waals surface area contributed by atoms with Crippen molar-refractivity contribution < 1.29 is 9.18 Å². The molecule has 0 aliphatic heterocycles. The predicted octanol–water partition coefficient (Wildman–Crippen LogP) is 6.61. The molecular formula is C24H17Cl3FN3O. The molecular weight excluding hydrogens is 472 g/mol. The van der Waals surface area contributed by atoms with Crippen LogP contribution in [0, 0.1) is 5.82 Å². The first-order valence-corrected chi connectivity index (χ1v) is 10.9. The highest BCUT2D eigenvalue weighted by Gasteiger charge is 2.18. The summed E-state index contributed by atoms with van der Waals surface area (Å²) in [6.45, 7) is 0.368. The van der Waals surface area contributed by atoms with Gasteiger partial charge in [0.05, 0.1) is 11.4 Å². The summed E-state index contributed by atoms with van der Waals surface area (Å²) in [6, 6.07) is 19.9. The quantitative estimate of drug-likeness (QED) is 0.332. The summed E-state index contributed by atoms with van der Waals surface area (Å²) in [7, 11) is 0. The first kappa shape index (κ1) is 22.3. The van der Waals surface area contributed by atoms with E-state index in [2.05, 4.69) is 10.4 Å². The van der Waals surface area contributed by atoms with E-state index in [1.807, 2.05) is 6.07 Å². The fraction of sp³-hybridized carbons (Fsp3) is 0.0833. The van der Waals surface area contributed by atoms with Crippen molar-refractivity contribution in [3.63, 3.8) is 0 Å². The monoisotopic (exact) mass is 487 g/mol. The number of hydrogen-bond acceptors (Lipinski definition) is 2. The van der Waals surface area contributed by atoms with Gasteiger partial charge in [-0.25, -0.2) is 9.07 Å². The van der Waals surface area contributed by atoms with Gasteiger partial charge >= 0.3 is 0 Å². The number of carbonyl (C=O) groups is 1. The van der Waals surface area contributed by atoms with E-state index in [9.17, 15) is 9.18 Å². The van der Waals surface area contributed by atoms with Crippen molar-refractivity contribution in [2.45, 2.75) is 6.42 Å². The number of carbonyl (C=O) groups excluding carboxylic acids is 1. The maximum atomic E-state index is 13.3. The molecule has 162 valence electrons. The van der Waals surface area contributed by atoms with Gasteiger partial charge in [0.2, 0.25) is 0 Å². The van der Waals surface area contributed by atoms with Gasteiger partial charge in [-0.2, -0.15) is 5.10 Å². The van der Waals surface area contributed by atoms with Gasteiger partial charge in [0.1, 0.15) is 11.5 Å². The molecule has 1 N–H and O–H groups in total. The molecule has 1 aromatic heterocycles. The second-order valence-electron chi connectivity index (χ2n) is 7.06. The van der Waals surface area contributed by atoms with Gasteiger partial charge in [-0.1, -0.05) is 46.9 Å². The van der Waals surface area contributed by atoms with Crippen LogP contribution in [0.1, 0.15) is 16.1 Å². The van der Waals surface area contributed by atoms with Crippen molar-refractivity contribution in [3.8, 4) is 16.9 Å². The van der Waals surface area contributed by atoms with Crippen molar-refractivity contribution in [2.24, 2.45) is 0 Å². The normalized spacial score (nSPS) is 10.9. The minimum Gasteiger partial charge on any atom is -0.350 e. The van der Waals surface area contributed by atoms with Crippen molar-refractivity contribution >= 4 is 40.7 Å². The van der Waals surface area contributed by atoms with E-state index in [4.69, 9.17) is 34.8 Å². The van der Waals surface area contributed by atoms with Crippen LogP contribution < -0.4 is 5.32 Å². The topological polar surface area (TPSA) is 46.9 Å². The van der Waals surface area contributed by atoms with Gasteiger partial charge in [-0.3, -0.25) is 4.79 Å². The number of halogens is 4. The minimum absolute atomic E-state index is 0.309. The molecule has 0 radical (unpaired) electrons. The number of hydrogen-bond donors (Lipinski definition) is 1. The van der Waals surface area contributed by atoms with Crippen LogP contribution in [-0.4, -0.2) is 22.2 Å². The van der Waals surface area contributed by atoms with Gasteiger partial charge in [0.25, 0.3) is 5.91 Å². The Hall–Kier alpha value is -2.86. The number of amides is 1. The molecule has 1 heterocycles. The third kappa shape index (κ3) is 5.13. The fourth-order valence-electron chi connectivity index (χ4n) is 3.23. The number of benzene rings is 3. The van der Waals surface area contributed by atoms with E-state index in [1.54, 1.807) is 54.6 Å². The predicted molar refractivity (Wildman–Crippen MR) is 126 cm³/mol. The molecule has 0 spiro atoms. The second-order valence-corrected chi connectivity index (χ2v) is 8.34. The zero-order valence-corrected chi connectivity index (χ0v) is 18.9. The summed E-state index contributed by atoms with van der Waals surface area (Å²) < 4.78 is 14.9. The van der Waals surface area contributed by atoms with Crippen LogP contribution in [0.25, 0.3) is 16.9 Å².